The number of sulfonamides is 1. The number of benzene rings is 3. The summed E-state index contributed by atoms with van der Waals surface area (Å²) in [5.74, 6) is -1.20. The van der Waals surface area contributed by atoms with E-state index in [1.54, 1.807) is 25.1 Å². The van der Waals surface area contributed by atoms with Crippen LogP contribution >= 0.6 is 23.2 Å². The largest absolute Gasteiger partial charge is 0.497 e. The van der Waals surface area contributed by atoms with E-state index in [0.29, 0.717) is 16.3 Å². The van der Waals surface area contributed by atoms with Gasteiger partial charge in [-0.05, 0) is 72.6 Å². The second-order valence-electron chi connectivity index (χ2n) is 8.47. The fourth-order valence-electron chi connectivity index (χ4n) is 3.93. The number of halogens is 3. The minimum Gasteiger partial charge on any atom is -0.497 e. The number of carbonyl (C=O) groups excluding carboxylic acids is 2. The zero-order valence-electron chi connectivity index (χ0n) is 21.5. The number of carbonyl (C=O) groups is 2. The molecule has 0 aromatic heterocycles. The summed E-state index contributed by atoms with van der Waals surface area (Å²) in [7, 11) is -1.39. The van der Waals surface area contributed by atoms with E-state index in [-0.39, 0.29) is 28.6 Å². The summed E-state index contributed by atoms with van der Waals surface area (Å²) in [4.78, 5) is 27.8. The quantitative estimate of drug-likeness (QED) is 0.340. The Hall–Kier alpha value is -3.34. The van der Waals surface area contributed by atoms with E-state index in [9.17, 15) is 22.4 Å². The zero-order valence-corrected chi connectivity index (χ0v) is 23.9. The van der Waals surface area contributed by atoms with Crippen LogP contribution in [0.25, 0.3) is 0 Å². The molecule has 0 fully saturated rings. The van der Waals surface area contributed by atoms with E-state index < -0.39 is 40.2 Å². The summed E-state index contributed by atoms with van der Waals surface area (Å²) in [6.07, 6.45) is 0.258. The Morgan fingerprint density at radius 2 is 1.64 bits per heavy atom. The van der Waals surface area contributed by atoms with Crippen molar-refractivity contribution in [2.24, 2.45) is 0 Å². The summed E-state index contributed by atoms with van der Waals surface area (Å²) >= 11 is 12.2. The number of nitrogens with one attached hydrogen (secondary N) is 1. The van der Waals surface area contributed by atoms with Gasteiger partial charge < -0.3 is 15.0 Å². The first-order valence-corrected chi connectivity index (χ1v) is 14.1. The Morgan fingerprint density at radius 3 is 2.18 bits per heavy atom. The molecule has 3 rings (SSSR count). The molecule has 0 radical (unpaired) electrons. The van der Waals surface area contributed by atoms with Crippen LogP contribution in [0.15, 0.2) is 71.6 Å². The van der Waals surface area contributed by atoms with E-state index in [4.69, 9.17) is 27.9 Å². The second kappa shape index (κ2) is 13.1. The van der Waals surface area contributed by atoms with Crippen LogP contribution in [-0.4, -0.2) is 51.9 Å². The molecule has 1 atom stereocenters. The van der Waals surface area contributed by atoms with Crippen molar-refractivity contribution in [1.29, 1.82) is 0 Å². The lowest BCUT2D eigenvalue weighted by Gasteiger charge is -2.33. The van der Waals surface area contributed by atoms with Crippen LogP contribution in [0.2, 0.25) is 10.0 Å². The van der Waals surface area contributed by atoms with Gasteiger partial charge in [-0.3, -0.25) is 13.9 Å². The molecule has 0 aliphatic heterocycles. The van der Waals surface area contributed by atoms with Crippen LogP contribution in [0.4, 0.5) is 10.1 Å². The number of ether oxygens (including phenoxy) is 1. The highest BCUT2D eigenvalue weighted by atomic mass is 35.5. The molecule has 0 heterocycles. The summed E-state index contributed by atoms with van der Waals surface area (Å²) in [5, 5.41) is 3.14. The van der Waals surface area contributed by atoms with Gasteiger partial charge in [-0.15, -0.1) is 0 Å². The molecule has 39 heavy (non-hydrogen) atoms. The molecular weight excluding hydrogens is 568 g/mol. The summed E-state index contributed by atoms with van der Waals surface area (Å²) in [6, 6.07) is 14.3. The first-order chi connectivity index (χ1) is 18.5. The van der Waals surface area contributed by atoms with Gasteiger partial charge >= 0.3 is 0 Å². The van der Waals surface area contributed by atoms with Crippen LogP contribution < -0.4 is 14.4 Å². The van der Waals surface area contributed by atoms with Crippen molar-refractivity contribution in [1.82, 2.24) is 10.2 Å². The van der Waals surface area contributed by atoms with Crippen LogP contribution in [0, 0.1) is 5.82 Å². The van der Waals surface area contributed by atoms with E-state index in [0.717, 1.165) is 16.4 Å². The molecule has 8 nitrogen and oxygen atoms in total. The molecule has 0 saturated carbocycles. The van der Waals surface area contributed by atoms with Gasteiger partial charge in [-0.2, -0.15) is 0 Å². The maximum atomic E-state index is 13.8. The Bertz CT molecular complexity index is 1420. The number of hydrogen-bond donors (Lipinski definition) is 1. The minimum atomic E-state index is -4.30. The highest BCUT2D eigenvalue weighted by Gasteiger charge is 2.33. The Balaban J connectivity index is 2.06. The highest BCUT2D eigenvalue weighted by Crippen LogP contribution is 2.27. The van der Waals surface area contributed by atoms with Gasteiger partial charge in [-0.1, -0.05) is 36.2 Å². The fraction of sp³-hybridized carbons (Fsp3) is 0.259. The van der Waals surface area contributed by atoms with Crippen molar-refractivity contribution in [2.75, 3.05) is 25.0 Å². The molecule has 0 bridgehead atoms. The molecule has 0 spiro atoms. The number of hydrogen-bond acceptors (Lipinski definition) is 5. The van der Waals surface area contributed by atoms with E-state index in [2.05, 4.69) is 5.32 Å². The first-order valence-electron chi connectivity index (χ1n) is 11.9. The molecule has 1 N–H and O–H groups in total. The summed E-state index contributed by atoms with van der Waals surface area (Å²) < 4.78 is 47.2. The Labute approximate surface area is 237 Å². The van der Waals surface area contributed by atoms with Crippen molar-refractivity contribution < 1.29 is 27.1 Å². The molecule has 0 aliphatic rings. The van der Waals surface area contributed by atoms with Gasteiger partial charge in [0.15, 0.2) is 0 Å². The van der Waals surface area contributed by atoms with Gasteiger partial charge in [0.1, 0.15) is 24.2 Å². The first kappa shape index (κ1) is 30.2. The minimum absolute atomic E-state index is 0.0402. The molecule has 208 valence electrons. The second-order valence-corrected chi connectivity index (χ2v) is 11.1. The summed E-state index contributed by atoms with van der Waals surface area (Å²) in [5.41, 5.74) is 0.662. The third kappa shape index (κ3) is 7.20. The number of likely N-dealkylation sites (N-methyl/N-ethyl adjacent to an activating group) is 1. The van der Waals surface area contributed by atoms with Crippen LogP contribution in [0.1, 0.15) is 18.9 Å². The van der Waals surface area contributed by atoms with Crippen molar-refractivity contribution in [2.45, 2.75) is 30.8 Å². The lowest BCUT2D eigenvalue weighted by atomic mass is 10.1. The van der Waals surface area contributed by atoms with Crippen molar-refractivity contribution >= 4 is 50.7 Å². The molecular formula is C27H28Cl2FN3O5S. The summed E-state index contributed by atoms with van der Waals surface area (Å²) in [6.45, 7) is 1.04. The molecule has 3 aromatic carbocycles. The third-order valence-electron chi connectivity index (χ3n) is 6.01. The van der Waals surface area contributed by atoms with Gasteiger partial charge in [0.25, 0.3) is 10.0 Å². The maximum Gasteiger partial charge on any atom is 0.264 e. The normalized spacial score (nSPS) is 11.9. The molecule has 2 amide bonds. The standard InChI is InChI=1S/C27H28Cl2FN3O5S/c1-4-25(27(35)31-2)32(16-18-5-14-23(28)24(29)15-18)26(34)17-33(20-8-6-19(30)7-9-20)39(36,37)22-12-10-21(38-3)11-13-22/h5-15,25H,4,16-17H2,1-3H3,(H,31,35)/t25-/m0/s1. The molecule has 12 heteroatoms. The molecule has 0 unspecified atom stereocenters. The van der Waals surface area contributed by atoms with E-state index >= 15 is 0 Å². The highest BCUT2D eigenvalue weighted by molar-refractivity contribution is 7.92. The SMILES string of the molecule is CC[C@@H](C(=O)NC)N(Cc1ccc(Cl)c(Cl)c1)C(=O)CN(c1ccc(F)cc1)S(=O)(=O)c1ccc(OC)cc1. The lowest BCUT2D eigenvalue weighted by Crippen LogP contribution is -2.51. The zero-order chi connectivity index (χ0) is 28.7. The van der Waals surface area contributed by atoms with Crippen molar-refractivity contribution in [3.8, 4) is 5.75 Å². The Morgan fingerprint density at radius 1 is 1.00 bits per heavy atom. The average molecular weight is 597 g/mol. The maximum absolute atomic E-state index is 13.8. The average Bonchev–Trinajstić information content (AvgIpc) is 2.93. The molecule has 0 saturated heterocycles. The topological polar surface area (TPSA) is 96.0 Å². The van der Waals surface area contributed by atoms with Crippen molar-refractivity contribution in [3.05, 3.63) is 88.2 Å². The third-order valence-corrected chi connectivity index (χ3v) is 8.54. The monoisotopic (exact) mass is 595 g/mol. The number of anilines is 1. The van der Waals surface area contributed by atoms with Gasteiger partial charge in [-0.25, -0.2) is 12.8 Å². The van der Waals surface area contributed by atoms with Gasteiger partial charge in [0.2, 0.25) is 11.8 Å². The smallest absolute Gasteiger partial charge is 0.264 e. The van der Waals surface area contributed by atoms with Crippen LogP contribution in [-0.2, 0) is 26.2 Å². The predicted octanol–water partition coefficient (Wildman–Crippen LogP) is 4.89. The van der Waals surface area contributed by atoms with Crippen LogP contribution in [0.3, 0.4) is 0 Å². The number of methoxy groups -OCH3 is 1. The fourth-order valence-corrected chi connectivity index (χ4v) is 5.67. The number of amides is 2. The molecule has 0 aliphatic carbocycles. The van der Waals surface area contributed by atoms with Crippen molar-refractivity contribution in [3.63, 3.8) is 0 Å². The predicted molar refractivity (Wildman–Crippen MR) is 149 cm³/mol. The number of rotatable bonds is 11. The van der Waals surface area contributed by atoms with Gasteiger partial charge in [0.05, 0.1) is 27.7 Å². The van der Waals surface area contributed by atoms with Gasteiger partial charge in [0, 0.05) is 13.6 Å². The van der Waals surface area contributed by atoms with Crippen LogP contribution in [0.5, 0.6) is 5.75 Å². The van der Waals surface area contributed by atoms with E-state index in [1.165, 1.54) is 55.5 Å². The number of nitrogens with zero attached hydrogens (tertiary/aromatic N) is 2. The van der Waals surface area contributed by atoms with E-state index in [1.807, 2.05) is 0 Å². The Kier molecular flexibility index (Phi) is 10.2. The molecule has 3 aromatic rings. The lowest BCUT2D eigenvalue weighted by molar-refractivity contribution is -0.140.